The topological polar surface area (TPSA) is 109 Å². The molecule has 8 heteroatoms. The van der Waals surface area contributed by atoms with E-state index in [1.54, 1.807) is 24.3 Å². The Morgan fingerprint density at radius 1 is 0.821 bits per heavy atom. The van der Waals surface area contributed by atoms with Gasteiger partial charge in [0.1, 0.15) is 5.75 Å². The maximum atomic E-state index is 9.24. The molecule has 0 aliphatic rings. The van der Waals surface area contributed by atoms with E-state index in [9.17, 15) is 5.11 Å². The second-order valence-corrected chi connectivity index (χ2v) is 6.59. The smallest absolute Gasteiger partial charge is 0.195 e. The van der Waals surface area contributed by atoms with Gasteiger partial charge in [-0.3, -0.25) is 10.3 Å². The van der Waals surface area contributed by atoms with Crippen LogP contribution in [0.2, 0.25) is 0 Å². The van der Waals surface area contributed by atoms with Gasteiger partial charge in [-0.2, -0.15) is 0 Å². The molecule has 28 heavy (non-hydrogen) atoms. The molecule has 0 unspecified atom stereocenters. The molecule has 6 nitrogen and oxygen atoms in total. The summed E-state index contributed by atoms with van der Waals surface area (Å²) < 4.78 is 0. The number of guanidine groups is 2. The SMILES string of the molecule is CCCCCCCCCCCN=C(N)NC(N)=NCc1ccc(O)cc1.Cl.Cl. The van der Waals surface area contributed by atoms with E-state index in [1.165, 1.54) is 51.4 Å². The molecule has 0 bridgehead atoms. The minimum Gasteiger partial charge on any atom is -0.508 e. The Morgan fingerprint density at radius 3 is 1.89 bits per heavy atom. The van der Waals surface area contributed by atoms with Crippen LogP contribution in [0.25, 0.3) is 0 Å². The highest BCUT2D eigenvalue weighted by Gasteiger charge is 1.97. The zero-order valence-electron chi connectivity index (χ0n) is 16.9. The molecule has 0 aliphatic carbocycles. The number of hydrogen-bond acceptors (Lipinski definition) is 3. The van der Waals surface area contributed by atoms with Crippen molar-refractivity contribution in [2.24, 2.45) is 21.5 Å². The molecule has 1 aromatic rings. The van der Waals surface area contributed by atoms with Gasteiger partial charge in [-0.25, -0.2) is 4.99 Å². The molecule has 1 rings (SSSR count). The highest BCUT2D eigenvalue weighted by atomic mass is 35.5. The Morgan fingerprint density at radius 2 is 1.32 bits per heavy atom. The second kappa shape index (κ2) is 18.7. The predicted molar refractivity (Wildman–Crippen MR) is 125 cm³/mol. The Kier molecular flexibility index (Phi) is 19.1. The summed E-state index contributed by atoms with van der Waals surface area (Å²) >= 11 is 0. The average Bonchev–Trinajstić information content (AvgIpc) is 2.63. The summed E-state index contributed by atoms with van der Waals surface area (Å²) in [5.74, 6) is 0.777. The number of aliphatic imine (C=N–C) groups is 2. The van der Waals surface area contributed by atoms with Gasteiger partial charge in [0.25, 0.3) is 0 Å². The number of phenolic OH excluding ortho intramolecular Hbond substituents is 1. The summed E-state index contributed by atoms with van der Waals surface area (Å²) in [6.07, 6.45) is 11.6. The van der Waals surface area contributed by atoms with Crippen LogP contribution in [0.15, 0.2) is 34.3 Å². The monoisotopic (exact) mass is 433 g/mol. The Hall–Kier alpha value is -1.66. The summed E-state index contributed by atoms with van der Waals surface area (Å²) in [5.41, 5.74) is 12.6. The molecule has 0 atom stereocenters. The predicted octanol–water partition coefficient (Wildman–Crippen LogP) is 4.49. The minimum absolute atomic E-state index is 0. The molecule has 0 aliphatic heterocycles. The zero-order valence-corrected chi connectivity index (χ0v) is 18.5. The van der Waals surface area contributed by atoms with Crippen molar-refractivity contribution in [1.82, 2.24) is 5.32 Å². The average molecular weight is 434 g/mol. The van der Waals surface area contributed by atoms with Gasteiger partial charge < -0.3 is 16.6 Å². The van der Waals surface area contributed by atoms with Crippen molar-refractivity contribution in [2.45, 2.75) is 71.3 Å². The Labute approximate surface area is 182 Å². The van der Waals surface area contributed by atoms with E-state index in [-0.39, 0.29) is 36.5 Å². The van der Waals surface area contributed by atoms with Crippen molar-refractivity contribution in [3.63, 3.8) is 0 Å². The molecule has 0 fully saturated rings. The van der Waals surface area contributed by atoms with Crippen LogP contribution in [0.5, 0.6) is 5.75 Å². The number of hydrogen-bond donors (Lipinski definition) is 4. The first kappa shape index (κ1) is 28.5. The fraction of sp³-hybridized carbons (Fsp3) is 0.600. The molecule has 0 aromatic heterocycles. The first-order chi connectivity index (χ1) is 12.6. The largest absolute Gasteiger partial charge is 0.508 e. The second-order valence-electron chi connectivity index (χ2n) is 6.59. The third-order valence-corrected chi connectivity index (χ3v) is 4.17. The summed E-state index contributed by atoms with van der Waals surface area (Å²) in [6, 6.07) is 6.84. The highest BCUT2D eigenvalue weighted by Crippen LogP contribution is 2.10. The number of nitrogens with zero attached hydrogens (tertiary/aromatic N) is 2. The zero-order chi connectivity index (χ0) is 19.0. The molecule has 6 N–H and O–H groups in total. The molecule has 0 heterocycles. The minimum atomic E-state index is 0. The standard InChI is InChI=1S/C20H35N5O.2ClH/c1-2-3-4-5-6-7-8-9-10-15-23-19(21)25-20(22)24-16-17-11-13-18(26)14-12-17;;/h11-14,26H,2-10,15-16H2,1H3,(H5,21,22,23,24,25);2*1H. The lowest BCUT2D eigenvalue weighted by Crippen LogP contribution is -2.41. The summed E-state index contributed by atoms with van der Waals surface area (Å²) in [6.45, 7) is 3.38. The quantitative estimate of drug-likeness (QED) is 0.221. The van der Waals surface area contributed by atoms with Gasteiger partial charge in [-0.15, -0.1) is 24.8 Å². The van der Waals surface area contributed by atoms with Crippen molar-refractivity contribution in [1.29, 1.82) is 0 Å². The van der Waals surface area contributed by atoms with Crippen LogP contribution in [0, 0.1) is 0 Å². The lowest BCUT2D eigenvalue weighted by molar-refractivity contribution is 0.475. The summed E-state index contributed by atoms with van der Waals surface area (Å²) in [5, 5.41) is 12.0. The lowest BCUT2D eigenvalue weighted by Gasteiger charge is -2.05. The van der Waals surface area contributed by atoms with Crippen molar-refractivity contribution in [2.75, 3.05) is 6.54 Å². The van der Waals surface area contributed by atoms with Gasteiger partial charge in [-0.1, -0.05) is 70.4 Å². The van der Waals surface area contributed by atoms with Crippen LogP contribution in [0.3, 0.4) is 0 Å². The Balaban J connectivity index is 0. The van der Waals surface area contributed by atoms with Crippen molar-refractivity contribution in [3.05, 3.63) is 29.8 Å². The van der Waals surface area contributed by atoms with Gasteiger partial charge >= 0.3 is 0 Å². The number of aromatic hydroxyl groups is 1. The van der Waals surface area contributed by atoms with Gasteiger partial charge in [0.05, 0.1) is 6.54 Å². The number of nitrogens with one attached hydrogen (secondary N) is 1. The van der Waals surface area contributed by atoms with Crippen LogP contribution >= 0.6 is 24.8 Å². The van der Waals surface area contributed by atoms with Crippen LogP contribution < -0.4 is 16.8 Å². The van der Waals surface area contributed by atoms with Crippen LogP contribution in [0.4, 0.5) is 0 Å². The summed E-state index contributed by atoms with van der Waals surface area (Å²) in [4.78, 5) is 8.48. The number of unbranched alkanes of at least 4 members (excludes halogenated alkanes) is 8. The number of phenols is 1. The molecule has 1 aromatic carbocycles. The van der Waals surface area contributed by atoms with Gasteiger partial charge in [0, 0.05) is 6.54 Å². The van der Waals surface area contributed by atoms with Crippen molar-refractivity contribution >= 4 is 36.7 Å². The van der Waals surface area contributed by atoms with E-state index in [4.69, 9.17) is 11.5 Å². The first-order valence-electron chi connectivity index (χ1n) is 9.76. The van der Waals surface area contributed by atoms with Crippen LogP contribution in [0.1, 0.15) is 70.3 Å². The summed E-state index contributed by atoms with van der Waals surface area (Å²) in [7, 11) is 0. The van der Waals surface area contributed by atoms with E-state index >= 15 is 0 Å². The number of halogens is 2. The number of nitrogens with two attached hydrogens (primary N) is 2. The highest BCUT2D eigenvalue weighted by molar-refractivity contribution is 5.97. The Bertz CT molecular complexity index is 550. The van der Waals surface area contributed by atoms with Gasteiger partial charge in [-0.05, 0) is 24.1 Å². The molecule has 0 saturated heterocycles. The molecule has 0 saturated carbocycles. The lowest BCUT2D eigenvalue weighted by atomic mass is 10.1. The van der Waals surface area contributed by atoms with Gasteiger partial charge in [0.15, 0.2) is 11.9 Å². The number of benzene rings is 1. The third kappa shape index (κ3) is 15.4. The molecule has 0 radical (unpaired) electrons. The van der Waals surface area contributed by atoms with E-state index in [0.717, 1.165) is 12.0 Å². The third-order valence-electron chi connectivity index (χ3n) is 4.17. The molecule has 0 spiro atoms. The first-order valence-corrected chi connectivity index (χ1v) is 9.76. The van der Waals surface area contributed by atoms with Crippen LogP contribution in [-0.4, -0.2) is 23.6 Å². The van der Waals surface area contributed by atoms with E-state index in [0.29, 0.717) is 19.0 Å². The number of rotatable bonds is 12. The van der Waals surface area contributed by atoms with Crippen LogP contribution in [-0.2, 0) is 6.54 Å². The molecule has 0 amide bonds. The van der Waals surface area contributed by atoms with Gasteiger partial charge in [0.2, 0.25) is 0 Å². The maximum absolute atomic E-state index is 9.24. The van der Waals surface area contributed by atoms with E-state index < -0.39 is 0 Å². The molecular weight excluding hydrogens is 397 g/mol. The molecular formula is C20H37Cl2N5O. The maximum Gasteiger partial charge on any atom is 0.195 e. The van der Waals surface area contributed by atoms with E-state index in [2.05, 4.69) is 22.2 Å². The normalized spacial score (nSPS) is 11.5. The fourth-order valence-electron chi connectivity index (χ4n) is 2.61. The fourth-order valence-corrected chi connectivity index (χ4v) is 2.61. The van der Waals surface area contributed by atoms with Crippen molar-refractivity contribution in [3.8, 4) is 5.75 Å². The van der Waals surface area contributed by atoms with Crippen molar-refractivity contribution < 1.29 is 5.11 Å². The van der Waals surface area contributed by atoms with E-state index in [1.807, 2.05) is 0 Å². The molecule has 162 valence electrons.